The van der Waals surface area contributed by atoms with E-state index < -0.39 is 10.8 Å². The predicted molar refractivity (Wildman–Crippen MR) is 619 cm³/mol. The molecule has 0 aliphatic heterocycles. The van der Waals surface area contributed by atoms with Gasteiger partial charge in [0.2, 0.25) is 0 Å². The van der Waals surface area contributed by atoms with Crippen LogP contribution in [-0.2, 0) is 10.8 Å². The van der Waals surface area contributed by atoms with Crippen molar-refractivity contribution in [3.05, 3.63) is 615 Å². The fraction of sp³-hybridized carbons (Fsp3) is 0.0137. The SMILES string of the molecule is c1ccc(-c2cc(-c3ccccc3)cc(-c3ccc(-c4c5ccccc5c(-c5ccc6c(c5)C(c5ccc7ccccc7c5)(c5ccc7ccccc7c5)c5ccccc5-6)c5ccccc45)c4ccccc34)c2)cc1.c1ccc(-c2cc(-c3ccccc3)cc(-c3ccc(-c4c5ccccc5c(-c5ccc6c(c5)C(c5ccccc5)(c5ccc7ccccc7c5)c5ccccc5-6)c5ccccc45)c4ccccc34)c2)cc1. The topological polar surface area (TPSA) is 0 Å². The Labute approximate surface area is 849 Å². The van der Waals surface area contributed by atoms with Crippen LogP contribution >= 0.6 is 0 Å². The zero-order valence-electron chi connectivity index (χ0n) is 80.3. The van der Waals surface area contributed by atoms with Crippen LogP contribution in [0.2, 0.25) is 0 Å². The molecule has 2 aliphatic carbocycles. The smallest absolute Gasteiger partial charge is 0.0622 e. The van der Waals surface area contributed by atoms with Gasteiger partial charge in [-0.05, 0) is 342 Å². The molecule has 0 N–H and O–H groups in total. The molecule has 0 fully saturated rings. The largest absolute Gasteiger partial charge is 0.0714 e. The van der Waals surface area contributed by atoms with Gasteiger partial charge in [-0.2, -0.15) is 0 Å². The van der Waals surface area contributed by atoms with Crippen molar-refractivity contribution in [2.45, 2.75) is 10.8 Å². The van der Waals surface area contributed by atoms with E-state index in [-0.39, 0.29) is 0 Å². The summed E-state index contributed by atoms with van der Waals surface area (Å²) in [7, 11) is 0. The lowest BCUT2D eigenvalue weighted by Gasteiger charge is -2.34. The Morgan fingerprint density at radius 2 is 0.322 bits per heavy atom. The first-order valence-corrected chi connectivity index (χ1v) is 50.9. The molecular weight excluding hydrogens is 1750 g/mol. The normalized spacial score (nSPS) is 13.3. The maximum Gasteiger partial charge on any atom is 0.0714 e. The molecule has 146 heavy (non-hydrogen) atoms. The molecule has 0 heteroatoms. The van der Waals surface area contributed by atoms with E-state index in [2.05, 4.69) is 570 Å². The average Bonchev–Trinajstić information content (AvgIpc) is 1.52. The van der Waals surface area contributed by atoms with Crippen LogP contribution in [0.3, 0.4) is 0 Å². The van der Waals surface area contributed by atoms with Gasteiger partial charge in [-0.3, -0.25) is 0 Å². The van der Waals surface area contributed by atoms with Gasteiger partial charge in [0.15, 0.2) is 0 Å². The Balaban J connectivity index is 0.000000142. The lowest BCUT2D eigenvalue weighted by atomic mass is 9.67. The molecular formula is C146H94. The minimum Gasteiger partial charge on any atom is -0.0622 e. The summed E-state index contributed by atoms with van der Waals surface area (Å²) in [5.74, 6) is 0. The molecule has 27 aromatic carbocycles. The third-order valence-corrected chi connectivity index (χ3v) is 31.6. The van der Waals surface area contributed by atoms with E-state index in [0.717, 1.165) is 0 Å². The molecule has 0 spiro atoms. The fourth-order valence-corrected chi connectivity index (χ4v) is 25.2. The zero-order valence-corrected chi connectivity index (χ0v) is 80.3. The van der Waals surface area contributed by atoms with Gasteiger partial charge in [0.25, 0.3) is 0 Å². The van der Waals surface area contributed by atoms with Gasteiger partial charge in [-0.25, -0.2) is 0 Å². The second-order valence-corrected chi connectivity index (χ2v) is 39.3. The highest BCUT2D eigenvalue weighted by molar-refractivity contribution is 6.27. The third-order valence-electron chi connectivity index (χ3n) is 31.6. The van der Waals surface area contributed by atoms with Gasteiger partial charge in [0.05, 0.1) is 10.8 Å². The quantitative estimate of drug-likeness (QED) is 0.0952. The fourth-order valence-electron chi connectivity index (χ4n) is 25.2. The number of fused-ring (bicyclic) bond motifs is 15. The summed E-state index contributed by atoms with van der Waals surface area (Å²) in [6, 6.07) is 213. The standard InChI is InChI=1S/C75H48.C71H46/c1-3-19-49(20-4-1)56-43-57(50-21-5-2-6-22-50)45-58(44-56)61-41-42-70(63-28-12-11-27-62(61)63)74-68-32-15-13-30-66(68)73(67-31-14-16-33-69(67)74)55-37-40-65-64-29-17-18-34-71(64)75(72(65)48-55,59-38-35-51-23-7-9-25-53(51)46-59)60-39-36-52-24-8-10-26-54(52)47-60;1-4-20-47(21-5-1)52-42-53(48-22-6-2-7-23-48)44-54(43-52)57-40-41-66(59-29-13-12-28-58(57)59)70-64-33-16-14-31-62(64)69(63-32-15-17-34-65(63)70)51-37-39-61-60-30-18-19-35-67(60)71(68(61)46-51,55-26-8-3-9-27-55)56-38-36-49-24-10-11-25-50(49)45-56/h1-48H;1-46H. The Kier molecular flexibility index (Phi) is 20.6. The zero-order chi connectivity index (χ0) is 96.3. The van der Waals surface area contributed by atoms with E-state index in [0.29, 0.717) is 0 Å². The Morgan fingerprint density at radius 1 is 0.0959 bits per heavy atom. The third kappa shape index (κ3) is 13.9. The summed E-state index contributed by atoms with van der Waals surface area (Å²) in [5, 5.41) is 22.3. The maximum atomic E-state index is 2.55. The van der Waals surface area contributed by atoms with Crippen LogP contribution in [0.15, 0.2) is 570 Å². The highest BCUT2D eigenvalue weighted by atomic mass is 14.5. The van der Waals surface area contributed by atoms with Crippen LogP contribution in [0.5, 0.6) is 0 Å². The molecule has 0 aromatic heterocycles. The summed E-state index contributed by atoms with van der Waals surface area (Å²) < 4.78 is 0. The second kappa shape index (κ2) is 35.2. The summed E-state index contributed by atoms with van der Waals surface area (Å²) in [6.45, 7) is 0. The van der Waals surface area contributed by atoms with Crippen LogP contribution in [0.1, 0.15) is 44.5 Å². The highest BCUT2D eigenvalue weighted by Crippen LogP contribution is 2.62. The molecule has 0 heterocycles. The minimum atomic E-state index is -0.593. The summed E-state index contributed by atoms with van der Waals surface area (Å²) >= 11 is 0. The lowest BCUT2D eigenvalue weighted by molar-refractivity contribution is 0.770. The molecule has 1 unspecified atom stereocenters. The molecule has 0 saturated heterocycles. The first-order chi connectivity index (χ1) is 72.4. The molecule has 0 radical (unpaired) electrons. The van der Waals surface area contributed by atoms with Crippen molar-refractivity contribution < 1.29 is 0 Å². The van der Waals surface area contributed by atoms with E-state index in [9.17, 15) is 0 Å². The van der Waals surface area contributed by atoms with Gasteiger partial charge in [0.1, 0.15) is 0 Å². The van der Waals surface area contributed by atoms with E-state index in [1.165, 1.54) is 275 Å². The summed E-state index contributed by atoms with van der Waals surface area (Å²) in [6.07, 6.45) is 0. The van der Waals surface area contributed by atoms with Crippen molar-refractivity contribution in [2.24, 2.45) is 0 Å². The van der Waals surface area contributed by atoms with Crippen molar-refractivity contribution in [1.82, 2.24) is 0 Å². The lowest BCUT2D eigenvalue weighted by Crippen LogP contribution is -2.28. The first-order valence-electron chi connectivity index (χ1n) is 50.9. The molecule has 29 rings (SSSR count). The van der Waals surface area contributed by atoms with Gasteiger partial charge in [-0.1, -0.05) is 504 Å². The van der Waals surface area contributed by atoms with Crippen LogP contribution in [0.25, 0.3) is 230 Å². The monoisotopic (exact) mass is 1850 g/mol. The average molecular weight is 1850 g/mol. The van der Waals surface area contributed by atoms with Crippen LogP contribution in [0.4, 0.5) is 0 Å². The number of hydrogen-bond acceptors (Lipinski definition) is 0. The highest BCUT2D eigenvalue weighted by Gasteiger charge is 2.49. The van der Waals surface area contributed by atoms with Crippen LogP contribution in [0, 0.1) is 0 Å². The number of rotatable bonds is 14. The maximum absolute atomic E-state index is 2.55. The van der Waals surface area contributed by atoms with Gasteiger partial charge in [-0.15, -0.1) is 0 Å². The van der Waals surface area contributed by atoms with Crippen LogP contribution < -0.4 is 0 Å². The van der Waals surface area contributed by atoms with Gasteiger partial charge >= 0.3 is 0 Å². The van der Waals surface area contributed by atoms with Crippen molar-refractivity contribution >= 4 is 97.0 Å². The van der Waals surface area contributed by atoms with Crippen molar-refractivity contribution in [3.63, 3.8) is 0 Å². The molecule has 0 amide bonds. The molecule has 0 bridgehead atoms. The Hall–Kier alpha value is -18.7. The Bertz CT molecular complexity index is 9610. The van der Waals surface area contributed by atoms with Gasteiger partial charge < -0.3 is 0 Å². The molecule has 2 aliphatic rings. The molecule has 0 saturated carbocycles. The predicted octanol–water partition coefficient (Wildman–Crippen LogP) is 39.1. The number of benzene rings is 27. The minimum absolute atomic E-state index is 0.540. The first kappa shape index (κ1) is 85.3. The van der Waals surface area contributed by atoms with E-state index in [1.54, 1.807) is 0 Å². The van der Waals surface area contributed by atoms with E-state index in [4.69, 9.17) is 0 Å². The molecule has 1 atom stereocenters. The van der Waals surface area contributed by atoms with Crippen LogP contribution in [-0.4, -0.2) is 0 Å². The van der Waals surface area contributed by atoms with E-state index in [1.807, 2.05) is 0 Å². The molecule has 678 valence electrons. The Morgan fingerprint density at radius 3 is 0.644 bits per heavy atom. The molecule has 27 aromatic rings. The van der Waals surface area contributed by atoms with Crippen molar-refractivity contribution in [3.8, 4) is 134 Å². The van der Waals surface area contributed by atoms with Crippen molar-refractivity contribution in [2.75, 3.05) is 0 Å². The van der Waals surface area contributed by atoms with E-state index >= 15 is 0 Å². The summed E-state index contributed by atoms with van der Waals surface area (Å²) in [5.41, 5.74) is 38.7. The number of hydrogen-bond donors (Lipinski definition) is 0. The second-order valence-electron chi connectivity index (χ2n) is 39.3. The van der Waals surface area contributed by atoms with Crippen molar-refractivity contribution in [1.29, 1.82) is 0 Å². The molecule has 0 nitrogen and oxygen atoms in total. The van der Waals surface area contributed by atoms with Gasteiger partial charge in [0, 0.05) is 0 Å². The summed E-state index contributed by atoms with van der Waals surface area (Å²) in [4.78, 5) is 0.